The molecule has 2 aliphatic heterocycles. The minimum absolute atomic E-state index is 0.591. The molecule has 2 fully saturated rings. The summed E-state index contributed by atoms with van der Waals surface area (Å²) in [4.78, 5) is 5.23. The molecule has 1 atom stereocenters. The Morgan fingerprint density at radius 1 is 1.12 bits per heavy atom. The van der Waals surface area contributed by atoms with Gasteiger partial charge in [-0.25, -0.2) is 0 Å². The zero-order chi connectivity index (χ0) is 17.5. The fraction of sp³-hybridized carbons (Fsp3) is 0.700. The number of morpholine rings is 1. The predicted molar refractivity (Wildman–Crippen MR) is 99.0 cm³/mol. The summed E-state index contributed by atoms with van der Waals surface area (Å²) in [5.41, 5.74) is 2.48. The number of nitrogens with zero attached hydrogens (tertiary/aromatic N) is 2. The first-order valence-electron chi connectivity index (χ1n) is 9.49. The number of hydrogen-bond acceptors (Lipinski definition) is 5. The van der Waals surface area contributed by atoms with Crippen molar-refractivity contribution in [2.24, 2.45) is 0 Å². The maximum absolute atomic E-state index is 5.49. The van der Waals surface area contributed by atoms with Crippen molar-refractivity contribution in [3.05, 3.63) is 29.3 Å². The van der Waals surface area contributed by atoms with E-state index in [2.05, 4.69) is 28.0 Å². The largest absolute Gasteiger partial charge is 0.496 e. The Hall–Kier alpha value is -1.14. The molecule has 1 aromatic rings. The molecule has 0 N–H and O–H groups in total. The van der Waals surface area contributed by atoms with Crippen molar-refractivity contribution in [3.8, 4) is 5.75 Å². The van der Waals surface area contributed by atoms with Crippen molar-refractivity contribution in [1.82, 2.24) is 9.80 Å². The molecule has 0 saturated carbocycles. The van der Waals surface area contributed by atoms with Crippen LogP contribution in [0, 0.1) is 0 Å². The SMILES string of the molecule is COCc1cc(CN2CCCCC2CN2CCOCC2)ccc1OC. The molecule has 0 bridgehead atoms. The first-order chi connectivity index (χ1) is 12.3. The summed E-state index contributed by atoms with van der Waals surface area (Å²) < 4.78 is 16.3. The van der Waals surface area contributed by atoms with Gasteiger partial charge in [-0.1, -0.05) is 12.5 Å². The van der Waals surface area contributed by atoms with Crippen LogP contribution in [0.1, 0.15) is 30.4 Å². The van der Waals surface area contributed by atoms with Gasteiger partial charge in [0.2, 0.25) is 0 Å². The molecule has 1 unspecified atom stereocenters. The Morgan fingerprint density at radius 3 is 2.72 bits per heavy atom. The van der Waals surface area contributed by atoms with E-state index in [0.717, 1.165) is 44.2 Å². The highest BCUT2D eigenvalue weighted by molar-refractivity contribution is 5.37. The summed E-state index contributed by atoms with van der Waals surface area (Å²) in [7, 11) is 3.45. The molecule has 5 nitrogen and oxygen atoms in total. The third-order valence-corrected chi connectivity index (χ3v) is 5.35. The molecule has 2 aliphatic rings. The van der Waals surface area contributed by atoms with E-state index >= 15 is 0 Å². The zero-order valence-corrected chi connectivity index (χ0v) is 15.7. The highest BCUT2D eigenvalue weighted by Crippen LogP contribution is 2.25. The molecule has 0 amide bonds. The molecular formula is C20H32N2O3. The number of rotatable bonds is 7. The van der Waals surface area contributed by atoms with Gasteiger partial charge >= 0.3 is 0 Å². The average Bonchev–Trinajstić information content (AvgIpc) is 2.65. The summed E-state index contributed by atoms with van der Waals surface area (Å²) >= 11 is 0. The fourth-order valence-electron chi connectivity index (χ4n) is 3.99. The monoisotopic (exact) mass is 348 g/mol. The average molecular weight is 348 g/mol. The van der Waals surface area contributed by atoms with E-state index in [1.165, 1.54) is 37.9 Å². The molecule has 2 heterocycles. The minimum Gasteiger partial charge on any atom is -0.496 e. The smallest absolute Gasteiger partial charge is 0.124 e. The Balaban J connectivity index is 1.65. The quantitative estimate of drug-likeness (QED) is 0.756. The summed E-state index contributed by atoms with van der Waals surface area (Å²) in [6.07, 6.45) is 3.96. The molecule has 0 aromatic heterocycles. The van der Waals surface area contributed by atoms with Gasteiger partial charge in [0.15, 0.2) is 0 Å². The van der Waals surface area contributed by atoms with Gasteiger partial charge in [-0.15, -0.1) is 0 Å². The number of methoxy groups -OCH3 is 2. The number of ether oxygens (including phenoxy) is 3. The number of likely N-dealkylation sites (tertiary alicyclic amines) is 1. The van der Waals surface area contributed by atoms with E-state index in [4.69, 9.17) is 14.2 Å². The van der Waals surface area contributed by atoms with Gasteiger partial charge in [-0.3, -0.25) is 9.80 Å². The van der Waals surface area contributed by atoms with Crippen LogP contribution in [0.5, 0.6) is 5.75 Å². The number of piperidine rings is 1. The van der Waals surface area contributed by atoms with Crippen LogP contribution >= 0.6 is 0 Å². The Labute approximate surface area is 151 Å². The van der Waals surface area contributed by atoms with Crippen LogP contribution in [-0.2, 0) is 22.6 Å². The normalized spacial score (nSPS) is 22.9. The molecule has 0 aliphatic carbocycles. The number of benzene rings is 1. The van der Waals surface area contributed by atoms with Crippen LogP contribution in [0.3, 0.4) is 0 Å². The third-order valence-electron chi connectivity index (χ3n) is 5.35. The van der Waals surface area contributed by atoms with E-state index in [1.807, 2.05) is 0 Å². The van der Waals surface area contributed by atoms with E-state index < -0.39 is 0 Å². The molecule has 3 rings (SSSR count). The molecule has 25 heavy (non-hydrogen) atoms. The molecule has 0 radical (unpaired) electrons. The lowest BCUT2D eigenvalue weighted by Crippen LogP contribution is -2.49. The minimum atomic E-state index is 0.591. The van der Waals surface area contributed by atoms with Gasteiger partial charge in [-0.05, 0) is 37.1 Å². The van der Waals surface area contributed by atoms with Crippen molar-refractivity contribution in [2.75, 3.05) is 53.6 Å². The van der Waals surface area contributed by atoms with Crippen LogP contribution in [0.2, 0.25) is 0 Å². The van der Waals surface area contributed by atoms with Gasteiger partial charge in [0.1, 0.15) is 5.75 Å². The van der Waals surface area contributed by atoms with Crippen molar-refractivity contribution in [2.45, 2.75) is 38.5 Å². The summed E-state index contributed by atoms with van der Waals surface area (Å²) in [6, 6.07) is 7.16. The predicted octanol–water partition coefficient (Wildman–Crippen LogP) is 2.53. The van der Waals surface area contributed by atoms with Crippen molar-refractivity contribution in [3.63, 3.8) is 0 Å². The van der Waals surface area contributed by atoms with Crippen molar-refractivity contribution >= 4 is 0 Å². The van der Waals surface area contributed by atoms with E-state index in [9.17, 15) is 0 Å². The maximum atomic E-state index is 5.49. The van der Waals surface area contributed by atoms with Gasteiger partial charge in [0.05, 0.1) is 26.9 Å². The van der Waals surface area contributed by atoms with Crippen LogP contribution in [0.4, 0.5) is 0 Å². The molecule has 140 valence electrons. The Bertz CT molecular complexity index is 532. The summed E-state index contributed by atoms with van der Waals surface area (Å²) in [5, 5.41) is 0. The van der Waals surface area contributed by atoms with Gasteiger partial charge in [-0.2, -0.15) is 0 Å². The Morgan fingerprint density at radius 2 is 1.96 bits per heavy atom. The lowest BCUT2D eigenvalue weighted by molar-refractivity contribution is 0.0153. The van der Waals surface area contributed by atoms with Crippen molar-refractivity contribution in [1.29, 1.82) is 0 Å². The van der Waals surface area contributed by atoms with Gasteiger partial charge < -0.3 is 14.2 Å². The van der Waals surface area contributed by atoms with E-state index in [1.54, 1.807) is 14.2 Å². The maximum Gasteiger partial charge on any atom is 0.124 e. The topological polar surface area (TPSA) is 34.2 Å². The summed E-state index contributed by atoms with van der Waals surface area (Å²) in [5.74, 6) is 0.911. The van der Waals surface area contributed by atoms with Crippen LogP contribution in [-0.4, -0.2) is 69.5 Å². The zero-order valence-electron chi connectivity index (χ0n) is 15.7. The lowest BCUT2D eigenvalue weighted by atomic mass is 10.00. The summed E-state index contributed by atoms with van der Waals surface area (Å²) in [6.45, 7) is 7.88. The van der Waals surface area contributed by atoms with Gasteiger partial charge in [0, 0.05) is 44.9 Å². The first-order valence-corrected chi connectivity index (χ1v) is 9.49. The molecule has 1 aromatic carbocycles. The molecular weight excluding hydrogens is 316 g/mol. The lowest BCUT2D eigenvalue weighted by Gasteiger charge is -2.39. The third kappa shape index (κ3) is 5.17. The van der Waals surface area contributed by atoms with E-state index in [-0.39, 0.29) is 0 Å². The first kappa shape index (κ1) is 18.6. The Kier molecular flexibility index (Phi) is 7.11. The second kappa shape index (κ2) is 9.53. The second-order valence-electron chi connectivity index (χ2n) is 7.11. The second-order valence-corrected chi connectivity index (χ2v) is 7.11. The fourth-order valence-corrected chi connectivity index (χ4v) is 3.99. The molecule has 0 spiro atoms. The van der Waals surface area contributed by atoms with Crippen molar-refractivity contribution < 1.29 is 14.2 Å². The molecule has 2 saturated heterocycles. The van der Waals surface area contributed by atoms with Gasteiger partial charge in [0.25, 0.3) is 0 Å². The standard InChI is InChI=1S/C20H32N2O3/c1-23-16-18-13-17(6-7-20(18)24-2)14-22-8-4-3-5-19(22)15-21-9-11-25-12-10-21/h6-7,13,19H,3-5,8-12,14-16H2,1-2H3. The number of hydrogen-bond donors (Lipinski definition) is 0. The van der Waals surface area contributed by atoms with E-state index in [0.29, 0.717) is 12.6 Å². The van der Waals surface area contributed by atoms with Crippen LogP contribution < -0.4 is 4.74 Å². The molecule has 5 heteroatoms. The van der Waals surface area contributed by atoms with Crippen LogP contribution in [0.25, 0.3) is 0 Å². The van der Waals surface area contributed by atoms with Crippen LogP contribution in [0.15, 0.2) is 18.2 Å². The highest BCUT2D eigenvalue weighted by Gasteiger charge is 2.25. The highest BCUT2D eigenvalue weighted by atomic mass is 16.5.